The summed E-state index contributed by atoms with van der Waals surface area (Å²) in [6, 6.07) is 9.79. The van der Waals surface area contributed by atoms with Crippen LogP contribution in [0.1, 0.15) is 45.7 Å². The first-order valence-electron chi connectivity index (χ1n) is 9.47. The monoisotopic (exact) mass is 378 g/mol. The lowest BCUT2D eigenvalue weighted by Crippen LogP contribution is -2.27. The Morgan fingerprint density at radius 3 is 2.39 bits per heavy atom. The Balaban J connectivity index is 1.54. The molecule has 0 atom stereocenters. The molecule has 28 heavy (non-hydrogen) atoms. The molecule has 0 bridgehead atoms. The van der Waals surface area contributed by atoms with Gasteiger partial charge in [-0.05, 0) is 56.9 Å². The number of rotatable bonds is 6. The van der Waals surface area contributed by atoms with Crippen LogP contribution in [0.5, 0.6) is 0 Å². The molecule has 3 aromatic rings. The number of fused-ring (bicyclic) bond motifs is 1. The van der Waals surface area contributed by atoms with E-state index in [1.54, 1.807) is 0 Å². The number of aromatic nitrogens is 2. The van der Waals surface area contributed by atoms with E-state index in [2.05, 4.69) is 15.6 Å². The van der Waals surface area contributed by atoms with E-state index < -0.39 is 0 Å². The van der Waals surface area contributed by atoms with Crippen LogP contribution < -0.4 is 10.6 Å². The fourth-order valence-electron chi connectivity index (χ4n) is 3.34. The molecule has 0 saturated carbocycles. The van der Waals surface area contributed by atoms with Crippen molar-refractivity contribution in [3.63, 3.8) is 0 Å². The number of hydrogen-bond acceptors (Lipinski definition) is 3. The highest BCUT2D eigenvalue weighted by Gasteiger charge is 2.17. The van der Waals surface area contributed by atoms with Gasteiger partial charge in [-0.1, -0.05) is 24.3 Å². The zero-order valence-corrected chi connectivity index (χ0v) is 16.8. The summed E-state index contributed by atoms with van der Waals surface area (Å²) in [7, 11) is 0. The van der Waals surface area contributed by atoms with Gasteiger partial charge in [-0.3, -0.25) is 14.0 Å². The lowest BCUT2D eigenvalue weighted by molar-refractivity contribution is -0.116. The quantitative estimate of drug-likeness (QED) is 0.642. The molecule has 1 aromatic carbocycles. The van der Waals surface area contributed by atoms with Crippen molar-refractivity contribution in [1.82, 2.24) is 14.7 Å². The maximum atomic E-state index is 12.6. The minimum absolute atomic E-state index is 0.0479. The van der Waals surface area contributed by atoms with E-state index in [1.807, 2.05) is 68.6 Å². The molecule has 2 aromatic heterocycles. The summed E-state index contributed by atoms with van der Waals surface area (Å²) < 4.78 is 1.81. The Hall–Kier alpha value is -3.15. The van der Waals surface area contributed by atoms with Gasteiger partial charge in [-0.2, -0.15) is 0 Å². The summed E-state index contributed by atoms with van der Waals surface area (Å²) in [5.74, 6) is -0.223. The third kappa shape index (κ3) is 4.06. The third-order valence-corrected chi connectivity index (χ3v) is 4.85. The van der Waals surface area contributed by atoms with Gasteiger partial charge in [0.1, 0.15) is 11.3 Å². The molecule has 0 radical (unpaired) electrons. The van der Waals surface area contributed by atoms with E-state index in [-0.39, 0.29) is 11.8 Å². The number of amides is 2. The molecule has 2 N–H and O–H groups in total. The summed E-state index contributed by atoms with van der Waals surface area (Å²) in [6.07, 6.45) is 2.76. The standard InChI is InChI=1S/C22H26N4O2/c1-14-8-5-9-15(2)19(14)25-18(27)11-6-12-23-22(28)20-17(4)24-21-16(3)10-7-13-26(20)21/h5,7-10,13H,6,11-12H2,1-4H3,(H,23,28)(H,25,27). The summed E-state index contributed by atoms with van der Waals surface area (Å²) >= 11 is 0. The van der Waals surface area contributed by atoms with Crippen LogP contribution in [0.3, 0.4) is 0 Å². The van der Waals surface area contributed by atoms with Gasteiger partial charge >= 0.3 is 0 Å². The van der Waals surface area contributed by atoms with E-state index in [9.17, 15) is 9.59 Å². The lowest BCUT2D eigenvalue weighted by Gasteiger charge is -2.11. The molecular formula is C22H26N4O2. The van der Waals surface area contributed by atoms with Gasteiger partial charge in [-0.25, -0.2) is 4.98 Å². The normalized spacial score (nSPS) is 10.9. The van der Waals surface area contributed by atoms with Gasteiger partial charge in [0.05, 0.1) is 5.69 Å². The van der Waals surface area contributed by atoms with E-state index in [1.165, 1.54) is 0 Å². The number of nitrogens with one attached hydrogen (secondary N) is 2. The smallest absolute Gasteiger partial charge is 0.270 e. The average molecular weight is 378 g/mol. The number of carbonyl (C=O) groups excluding carboxylic acids is 2. The second-order valence-electron chi connectivity index (χ2n) is 7.11. The molecule has 2 amide bonds. The van der Waals surface area contributed by atoms with Crippen molar-refractivity contribution in [3.05, 3.63) is 64.6 Å². The van der Waals surface area contributed by atoms with Crippen LogP contribution in [0.15, 0.2) is 36.5 Å². The van der Waals surface area contributed by atoms with Crippen molar-refractivity contribution in [3.8, 4) is 0 Å². The highest BCUT2D eigenvalue weighted by molar-refractivity contribution is 5.95. The van der Waals surface area contributed by atoms with Crippen molar-refractivity contribution >= 4 is 23.1 Å². The molecule has 0 fully saturated rings. The summed E-state index contributed by atoms with van der Waals surface area (Å²) in [5.41, 5.74) is 6.00. The van der Waals surface area contributed by atoms with Crippen LogP contribution in [0.2, 0.25) is 0 Å². The number of aryl methyl sites for hydroxylation is 4. The summed E-state index contributed by atoms with van der Waals surface area (Å²) in [4.78, 5) is 29.3. The second-order valence-corrected chi connectivity index (χ2v) is 7.11. The van der Waals surface area contributed by atoms with Gasteiger partial charge < -0.3 is 10.6 Å². The average Bonchev–Trinajstić information content (AvgIpc) is 2.99. The molecule has 2 heterocycles. The number of para-hydroxylation sites is 1. The predicted molar refractivity (Wildman–Crippen MR) is 111 cm³/mol. The van der Waals surface area contributed by atoms with E-state index in [0.717, 1.165) is 28.0 Å². The van der Waals surface area contributed by atoms with Gasteiger partial charge in [-0.15, -0.1) is 0 Å². The van der Waals surface area contributed by atoms with Crippen LogP contribution in [0.4, 0.5) is 5.69 Å². The largest absolute Gasteiger partial charge is 0.351 e. The molecule has 0 saturated heterocycles. The number of anilines is 1. The molecular weight excluding hydrogens is 352 g/mol. The van der Waals surface area contributed by atoms with Crippen molar-refractivity contribution < 1.29 is 9.59 Å². The van der Waals surface area contributed by atoms with Crippen molar-refractivity contribution in [2.45, 2.75) is 40.5 Å². The Bertz CT molecular complexity index is 1020. The minimum Gasteiger partial charge on any atom is -0.351 e. The molecule has 0 aliphatic rings. The number of imidazole rings is 1. The first-order valence-corrected chi connectivity index (χ1v) is 9.47. The number of nitrogens with zero attached hydrogens (tertiary/aromatic N) is 2. The SMILES string of the molecule is Cc1cccc(C)c1NC(=O)CCCNC(=O)c1c(C)nc2c(C)cccn12. The Morgan fingerprint density at radius 2 is 1.68 bits per heavy atom. The van der Waals surface area contributed by atoms with Gasteiger partial charge in [0, 0.05) is 24.8 Å². The van der Waals surface area contributed by atoms with Crippen LogP contribution >= 0.6 is 0 Å². The highest BCUT2D eigenvalue weighted by atomic mass is 16.2. The molecule has 0 aliphatic heterocycles. The molecule has 0 aliphatic carbocycles. The lowest BCUT2D eigenvalue weighted by atomic mass is 10.1. The van der Waals surface area contributed by atoms with Gasteiger partial charge in [0.25, 0.3) is 5.91 Å². The fraction of sp³-hybridized carbons (Fsp3) is 0.318. The Kier molecular flexibility index (Phi) is 5.78. The van der Waals surface area contributed by atoms with Gasteiger partial charge in [0.15, 0.2) is 0 Å². The molecule has 6 heteroatoms. The Labute approximate surface area is 165 Å². The summed E-state index contributed by atoms with van der Waals surface area (Å²) in [5, 5.41) is 5.87. The van der Waals surface area contributed by atoms with E-state index in [0.29, 0.717) is 30.8 Å². The first-order chi connectivity index (χ1) is 13.4. The number of benzene rings is 1. The molecule has 3 rings (SSSR count). The Morgan fingerprint density at radius 1 is 1.00 bits per heavy atom. The highest BCUT2D eigenvalue weighted by Crippen LogP contribution is 2.19. The van der Waals surface area contributed by atoms with E-state index >= 15 is 0 Å². The predicted octanol–water partition coefficient (Wildman–Crippen LogP) is 3.72. The number of hydrogen-bond donors (Lipinski definition) is 2. The van der Waals surface area contributed by atoms with Crippen molar-refractivity contribution in [2.24, 2.45) is 0 Å². The minimum atomic E-state index is -0.175. The summed E-state index contributed by atoms with van der Waals surface area (Å²) in [6.45, 7) is 8.18. The molecule has 146 valence electrons. The van der Waals surface area contributed by atoms with Gasteiger partial charge in [0.2, 0.25) is 5.91 Å². The van der Waals surface area contributed by atoms with Crippen LogP contribution in [0.25, 0.3) is 5.65 Å². The van der Waals surface area contributed by atoms with Crippen molar-refractivity contribution in [1.29, 1.82) is 0 Å². The van der Waals surface area contributed by atoms with Crippen molar-refractivity contribution in [2.75, 3.05) is 11.9 Å². The third-order valence-electron chi connectivity index (χ3n) is 4.85. The zero-order chi connectivity index (χ0) is 20.3. The second kappa shape index (κ2) is 8.25. The molecule has 6 nitrogen and oxygen atoms in total. The topological polar surface area (TPSA) is 75.5 Å². The van der Waals surface area contributed by atoms with Crippen LogP contribution in [-0.4, -0.2) is 27.7 Å². The maximum Gasteiger partial charge on any atom is 0.270 e. The zero-order valence-electron chi connectivity index (χ0n) is 16.8. The molecule has 0 spiro atoms. The first kappa shape index (κ1) is 19.6. The number of pyridine rings is 1. The van der Waals surface area contributed by atoms with E-state index in [4.69, 9.17) is 0 Å². The maximum absolute atomic E-state index is 12.6. The molecule has 0 unspecified atom stereocenters. The van der Waals surface area contributed by atoms with Crippen LogP contribution in [-0.2, 0) is 4.79 Å². The number of carbonyl (C=O) groups is 2. The fourth-order valence-corrected chi connectivity index (χ4v) is 3.34. The van der Waals surface area contributed by atoms with Crippen LogP contribution in [0, 0.1) is 27.7 Å².